The van der Waals surface area contributed by atoms with Gasteiger partial charge in [-0.25, -0.2) is 0 Å². The topological polar surface area (TPSA) is 3.24 Å². The van der Waals surface area contributed by atoms with Gasteiger partial charge in [0.15, 0.2) is 0 Å². The quantitative estimate of drug-likeness (QED) is 0.176. The van der Waals surface area contributed by atoms with E-state index in [2.05, 4.69) is 205 Å². The molecule has 8 rings (SSSR count). The van der Waals surface area contributed by atoms with Crippen molar-refractivity contribution in [2.45, 2.75) is 0 Å². The van der Waals surface area contributed by atoms with E-state index in [1.165, 1.54) is 55.3 Å². The molecule has 0 saturated heterocycles. The third kappa shape index (κ3) is 5.72. The number of hydrogen-bond acceptors (Lipinski definition) is 1. The minimum Gasteiger partial charge on any atom is -0.310 e. The number of hydrogen-bond donors (Lipinski definition) is 0. The van der Waals surface area contributed by atoms with Crippen LogP contribution in [0.4, 0.5) is 17.1 Å². The summed E-state index contributed by atoms with van der Waals surface area (Å²) in [4.78, 5) is 2.41. The average Bonchev–Trinajstić information content (AvgIpc) is 3.16. The second kappa shape index (κ2) is 12.7. The first-order valence-electron chi connectivity index (χ1n) is 16.1. The number of rotatable bonds is 7. The van der Waals surface area contributed by atoms with E-state index in [0.29, 0.717) is 0 Å². The van der Waals surface area contributed by atoms with E-state index < -0.39 is 0 Å². The normalized spacial score (nSPS) is 11.0. The van der Waals surface area contributed by atoms with Crippen molar-refractivity contribution in [3.05, 3.63) is 200 Å². The molecule has 0 aliphatic carbocycles. The Balaban J connectivity index is 1.30. The zero-order chi connectivity index (χ0) is 31.4. The van der Waals surface area contributed by atoms with Crippen LogP contribution in [-0.2, 0) is 0 Å². The molecule has 0 aliphatic rings. The van der Waals surface area contributed by atoms with Gasteiger partial charge in [0.2, 0.25) is 0 Å². The van der Waals surface area contributed by atoms with Crippen LogP contribution in [0.2, 0.25) is 0 Å². The summed E-state index contributed by atoms with van der Waals surface area (Å²) < 4.78 is 0. The molecule has 1 heteroatoms. The van der Waals surface area contributed by atoms with Crippen LogP contribution in [0.25, 0.3) is 55.3 Å². The monoisotopic (exact) mass is 599 g/mol. The predicted molar refractivity (Wildman–Crippen MR) is 200 cm³/mol. The van der Waals surface area contributed by atoms with Gasteiger partial charge < -0.3 is 4.90 Å². The highest BCUT2D eigenvalue weighted by Crippen LogP contribution is 2.44. The van der Waals surface area contributed by atoms with E-state index in [9.17, 15) is 0 Å². The Morgan fingerprint density at radius 2 is 0.723 bits per heavy atom. The molecule has 0 N–H and O–H groups in total. The SMILES string of the molecule is c1ccc(-c2ccc(-c3cccc4cccc(N(c5ccc(-c6ccccc6)cc5)c5cccc(-c6ccccc6)c5)c34)cc2)cc1. The lowest BCUT2D eigenvalue weighted by Gasteiger charge is -2.28. The van der Waals surface area contributed by atoms with Crippen LogP contribution < -0.4 is 4.90 Å². The van der Waals surface area contributed by atoms with Crippen molar-refractivity contribution in [1.29, 1.82) is 0 Å². The van der Waals surface area contributed by atoms with Crippen LogP contribution in [0.1, 0.15) is 0 Å². The van der Waals surface area contributed by atoms with Crippen molar-refractivity contribution in [2.24, 2.45) is 0 Å². The van der Waals surface area contributed by atoms with E-state index >= 15 is 0 Å². The molecule has 0 spiro atoms. The highest BCUT2D eigenvalue weighted by molar-refractivity contribution is 6.08. The molecule has 0 amide bonds. The lowest BCUT2D eigenvalue weighted by atomic mass is 9.94. The molecule has 8 aromatic rings. The molecule has 0 fully saturated rings. The van der Waals surface area contributed by atoms with Gasteiger partial charge in [0.25, 0.3) is 0 Å². The summed E-state index contributed by atoms with van der Waals surface area (Å²) in [5, 5.41) is 2.43. The van der Waals surface area contributed by atoms with E-state index in [1.54, 1.807) is 0 Å². The molecular formula is C46H33N. The maximum atomic E-state index is 2.41. The second-order valence-corrected chi connectivity index (χ2v) is 11.8. The molecule has 0 aliphatic heterocycles. The Hall–Kier alpha value is -6.18. The van der Waals surface area contributed by atoms with Gasteiger partial charge in [0.05, 0.1) is 5.69 Å². The first-order valence-corrected chi connectivity index (χ1v) is 16.1. The Morgan fingerprint density at radius 3 is 1.32 bits per heavy atom. The zero-order valence-corrected chi connectivity index (χ0v) is 26.0. The fourth-order valence-corrected chi connectivity index (χ4v) is 6.54. The van der Waals surface area contributed by atoms with Crippen LogP contribution in [0.5, 0.6) is 0 Å². The first-order chi connectivity index (χ1) is 23.3. The number of benzene rings is 8. The largest absolute Gasteiger partial charge is 0.310 e. The summed E-state index contributed by atoms with van der Waals surface area (Å²) in [6.07, 6.45) is 0. The molecule has 1 nitrogen and oxygen atoms in total. The Kier molecular flexibility index (Phi) is 7.63. The summed E-state index contributed by atoms with van der Waals surface area (Å²) in [5.74, 6) is 0. The molecule has 0 aromatic heterocycles. The number of nitrogens with zero attached hydrogens (tertiary/aromatic N) is 1. The number of fused-ring (bicyclic) bond motifs is 1. The van der Waals surface area contributed by atoms with Crippen LogP contribution in [0.15, 0.2) is 200 Å². The smallest absolute Gasteiger partial charge is 0.0546 e. The van der Waals surface area contributed by atoms with Gasteiger partial charge >= 0.3 is 0 Å². The van der Waals surface area contributed by atoms with Crippen LogP contribution in [0, 0.1) is 0 Å². The van der Waals surface area contributed by atoms with Gasteiger partial charge in [0.1, 0.15) is 0 Å². The molecule has 0 bridgehead atoms. The van der Waals surface area contributed by atoms with Gasteiger partial charge in [-0.05, 0) is 80.2 Å². The van der Waals surface area contributed by atoms with Gasteiger partial charge in [-0.3, -0.25) is 0 Å². The van der Waals surface area contributed by atoms with E-state index in [0.717, 1.165) is 17.1 Å². The molecule has 222 valence electrons. The highest BCUT2D eigenvalue weighted by Gasteiger charge is 2.19. The van der Waals surface area contributed by atoms with Crippen molar-refractivity contribution in [3.63, 3.8) is 0 Å². The number of anilines is 3. The van der Waals surface area contributed by atoms with E-state index in [1.807, 2.05) is 0 Å². The third-order valence-corrected chi connectivity index (χ3v) is 8.87. The maximum absolute atomic E-state index is 2.41. The summed E-state index contributed by atoms with van der Waals surface area (Å²) in [6, 6.07) is 71.8. The maximum Gasteiger partial charge on any atom is 0.0546 e. The first kappa shape index (κ1) is 28.3. The van der Waals surface area contributed by atoms with Crippen molar-refractivity contribution in [3.8, 4) is 44.5 Å². The zero-order valence-electron chi connectivity index (χ0n) is 26.0. The minimum atomic E-state index is 1.11. The molecule has 0 unspecified atom stereocenters. The summed E-state index contributed by atoms with van der Waals surface area (Å²) in [5.41, 5.74) is 13.0. The second-order valence-electron chi connectivity index (χ2n) is 11.8. The summed E-state index contributed by atoms with van der Waals surface area (Å²) in [6.45, 7) is 0. The van der Waals surface area contributed by atoms with Gasteiger partial charge in [-0.15, -0.1) is 0 Å². The molecule has 0 radical (unpaired) electrons. The highest BCUT2D eigenvalue weighted by atomic mass is 15.1. The average molecular weight is 600 g/mol. The lowest BCUT2D eigenvalue weighted by Crippen LogP contribution is -2.11. The molecule has 0 atom stereocenters. The van der Waals surface area contributed by atoms with Crippen molar-refractivity contribution >= 4 is 27.8 Å². The fraction of sp³-hybridized carbons (Fsp3) is 0. The summed E-state index contributed by atoms with van der Waals surface area (Å²) >= 11 is 0. The van der Waals surface area contributed by atoms with E-state index in [-0.39, 0.29) is 0 Å². The molecule has 0 heterocycles. The molecule has 0 saturated carbocycles. The van der Waals surface area contributed by atoms with Crippen molar-refractivity contribution in [2.75, 3.05) is 4.90 Å². The standard InChI is InChI=1S/C46H33N/c1-4-13-34(14-5-1)37-25-27-39(28-26-37)44-23-11-19-40-20-12-24-45(46(40)44)47(42-31-29-38(30-32-42)35-15-6-2-7-16-35)43-22-10-21-41(33-43)36-17-8-3-9-18-36/h1-33H. The predicted octanol–water partition coefficient (Wildman–Crippen LogP) is 13.0. The van der Waals surface area contributed by atoms with Crippen LogP contribution in [-0.4, -0.2) is 0 Å². The van der Waals surface area contributed by atoms with Gasteiger partial charge in [-0.2, -0.15) is 0 Å². The molecule has 47 heavy (non-hydrogen) atoms. The Bertz CT molecular complexity index is 2250. The van der Waals surface area contributed by atoms with Crippen LogP contribution in [0.3, 0.4) is 0 Å². The molecular weight excluding hydrogens is 567 g/mol. The van der Waals surface area contributed by atoms with Crippen molar-refractivity contribution < 1.29 is 0 Å². The van der Waals surface area contributed by atoms with Crippen LogP contribution >= 0.6 is 0 Å². The third-order valence-electron chi connectivity index (χ3n) is 8.87. The Labute approximate surface area is 276 Å². The van der Waals surface area contributed by atoms with Gasteiger partial charge in [0, 0.05) is 16.8 Å². The molecule has 8 aromatic carbocycles. The van der Waals surface area contributed by atoms with Gasteiger partial charge in [-0.1, -0.05) is 170 Å². The minimum absolute atomic E-state index is 1.11. The van der Waals surface area contributed by atoms with Crippen molar-refractivity contribution in [1.82, 2.24) is 0 Å². The van der Waals surface area contributed by atoms with E-state index in [4.69, 9.17) is 0 Å². The Morgan fingerprint density at radius 1 is 0.277 bits per heavy atom. The summed E-state index contributed by atoms with van der Waals surface area (Å²) in [7, 11) is 0. The fourth-order valence-electron chi connectivity index (χ4n) is 6.54. The lowest BCUT2D eigenvalue weighted by molar-refractivity contribution is 1.30.